The van der Waals surface area contributed by atoms with E-state index in [9.17, 15) is 0 Å². The normalized spacial score (nSPS) is 25.8. The first-order chi connectivity index (χ1) is 14.7. The number of nitrogens with one attached hydrogen (secondary N) is 1. The van der Waals surface area contributed by atoms with Gasteiger partial charge in [0.2, 0.25) is 0 Å². The molecule has 0 saturated carbocycles. The van der Waals surface area contributed by atoms with Gasteiger partial charge < -0.3 is 5.32 Å². The Balaban J connectivity index is 2.24. The minimum Gasteiger partial charge on any atom is -0.303 e. The van der Waals surface area contributed by atoms with Crippen LogP contribution in [0.1, 0.15) is 72.1 Å². The van der Waals surface area contributed by atoms with Gasteiger partial charge in [0.25, 0.3) is 0 Å². The highest BCUT2D eigenvalue weighted by Crippen LogP contribution is 2.39. The SMILES string of the molecule is C=CC(NCC(/C=C\C)=C/C)c1ccc(C2=C/C/C(C)=C(/C)C(C)(C)C(C)/C=C\2)cc1. The van der Waals surface area contributed by atoms with Crippen molar-refractivity contribution in [3.05, 3.63) is 101 Å². The van der Waals surface area contributed by atoms with Crippen molar-refractivity contribution >= 4 is 5.57 Å². The van der Waals surface area contributed by atoms with Gasteiger partial charge in [0.05, 0.1) is 6.04 Å². The highest BCUT2D eigenvalue weighted by molar-refractivity contribution is 5.74. The van der Waals surface area contributed by atoms with Crippen LogP contribution in [0, 0.1) is 11.3 Å². The summed E-state index contributed by atoms with van der Waals surface area (Å²) < 4.78 is 0. The molecule has 1 aromatic carbocycles. The Morgan fingerprint density at radius 1 is 1.19 bits per heavy atom. The second-order valence-electron chi connectivity index (χ2n) is 9.22. The molecule has 0 spiro atoms. The molecule has 166 valence electrons. The van der Waals surface area contributed by atoms with E-state index in [0.717, 1.165) is 13.0 Å². The molecule has 2 atom stereocenters. The molecule has 0 bridgehead atoms. The zero-order valence-electron chi connectivity index (χ0n) is 20.6. The van der Waals surface area contributed by atoms with Gasteiger partial charge in [-0.25, -0.2) is 0 Å². The van der Waals surface area contributed by atoms with Crippen molar-refractivity contribution in [2.45, 2.75) is 60.9 Å². The second-order valence-corrected chi connectivity index (χ2v) is 9.22. The van der Waals surface area contributed by atoms with E-state index >= 15 is 0 Å². The summed E-state index contributed by atoms with van der Waals surface area (Å²) in [6.07, 6.45) is 16.4. The summed E-state index contributed by atoms with van der Waals surface area (Å²) in [5.41, 5.74) is 8.25. The minimum absolute atomic E-state index is 0.132. The predicted octanol–water partition coefficient (Wildman–Crippen LogP) is 8.37. The van der Waals surface area contributed by atoms with E-state index in [-0.39, 0.29) is 11.5 Å². The third-order valence-corrected chi connectivity index (χ3v) is 7.05. The average molecular weight is 416 g/mol. The molecular formula is C30H41N. The van der Waals surface area contributed by atoms with E-state index in [1.807, 2.05) is 13.0 Å². The lowest BCUT2D eigenvalue weighted by Gasteiger charge is -2.32. The summed E-state index contributed by atoms with van der Waals surface area (Å²) in [5.74, 6) is 0.482. The molecule has 0 amide bonds. The smallest absolute Gasteiger partial charge is 0.0506 e. The quantitative estimate of drug-likeness (QED) is 0.348. The van der Waals surface area contributed by atoms with Gasteiger partial charge in [-0.1, -0.05) is 98.7 Å². The molecule has 31 heavy (non-hydrogen) atoms. The zero-order chi connectivity index (χ0) is 23.0. The summed E-state index contributed by atoms with van der Waals surface area (Å²) >= 11 is 0. The van der Waals surface area contributed by atoms with Crippen LogP contribution in [0.3, 0.4) is 0 Å². The van der Waals surface area contributed by atoms with Crippen molar-refractivity contribution < 1.29 is 0 Å². The molecule has 0 radical (unpaired) electrons. The first-order valence-electron chi connectivity index (χ1n) is 11.5. The first-order valence-corrected chi connectivity index (χ1v) is 11.5. The van der Waals surface area contributed by atoms with Crippen molar-refractivity contribution in [1.29, 1.82) is 0 Å². The number of hydrogen-bond acceptors (Lipinski definition) is 1. The van der Waals surface area contributed by atoms with Crippen LogP contribution in [0.4, 0.5) is 0 Å². The van der Waals surface area contributed by atoms with Crippen LogP contribution < -0.4 is 5.32 Å². The molecule has 1 aliphatic rings. The average Bonchev–Trinajstić information content (AvgIpc) is 2.80. The van der Waals surface area contributed by atoms with Gasteiger partial charge in [-0.15, -0.1) is 6.58 Å². The van der Waals surface area contributed by atoms with Crippen LogP contribution in [0.25, 0.3) is 5.57 Å². The van der Waals surface area contributed by atoms with Crippen molar-refractivity contribution in [3.8, 4) is 0 Å². The van der Waals surface area contributed by atoms with E-state index in [4.69, 9.17) is 0 Å². The molecule has 1 nitrogen and oxygen atoms in total. The van der Waals surface area contributed by atoms with Crippen molar-refractivity contribution in [1.82, 2.24) is 5.32 Å². The molecule has 1 heteroatoms. The fraction of sp³-hybridized carbons (Fsp3) is 0.400. The molecule has 1 aromatic rings. The Hall–Kier alpha value is -2.38. The van der Waals surface area contributed by atoms with Crippen LogP contribution >= 0.6 is 0 Å². The highest BCUT2D eigenvalue weighted by Gasteiger charge is 2.27. The van der Waals surface area contributed by atoms with Crippen molar-refractivity contribution in [2.75, 3.05) is 6.54 Å². The Morgan fingerprint density at radius 3 is 2.45 bits per heavy atom. The summed E-state index contributed by atoms with van der Waals surface area (Å²) in [4.78, 5) is 0. The topological polar surface area (TPSA) is 12.0 Å². The summed E-state index contributed by atoms with van der Waals surface area (Å²) in [6.45, 7) is 20.6. The minimum atomic E-state index is 0.132. The van der Waals surface area contributed by atoms with Crippen LogP contribution in [-0.2, 0) is 0 Å². The largest absolute Gasteiger partial charge is 0.303 e. The van der Waals surface area contributed by atoms with Crippen molar-refractivity contribution in [2.24, 2.45) is 11.3 Å². The number of benzene rings is 1. The van der Waals surface area contributed by atoms with Gasteiger partial charge in [0.15, 0.2) is 0 Å². The van der Waals surface area contributed by atoms with Crippen LogP contribution in [0.2, 0.25) is 0 Å². The van der Waals surface area contributed by atoms with Gasteiger partial charge in [-0.2, -0.15) is 0 Å². The van der Waals surface area contributed by atoms with E-state index in [0.29, 0.717) is 5.92 Å². The third kappa shape index (κ3) is 6.31. The van der Waals surface area contributed by atoms with Crippen LogP contribution in [0.15, 0.2) is 90.1 Å². The fourth-order valence-corrected chi connectivity index (χ4v) is 4.00. The van der Waals surface area contributed by atoms with Gasteiger partial charge in [0.1, 0.15) is 0 Å². The molecule has 1 aliphatic carbocycles. The van der Waals surface area contributed by atoms with Gasteiger partial charge in [-0.05, 0) is 67.7 Å². The van der Waals surface area contributed by atoms with Gasteiger partial charge in [-0.3, -0.25) is 0 Å². The zero-order valence-corrected chi connectivity index (χ0v) is 20.6. The molecular weight excluding hydrogens is 374 g/mol. The third-order valence-electron chi connectivity index (χ3n) is 7.05. The maximum Gasteiger partial charge on any atom is 0.0506 e. The number of rotatable bonds is 7. The lowest BCUT2D eigenvalue weighted by atomic mass is 9.72. The Morgan fingerprint density at radius 2 is 1.87 bits per heavy atom. The molecule has 0 heterocycles. The maximum absolute atomic E-state index is 4.04. The molecule has 0 aliphatic heterocycles. The lowest BCUT2D eigenvalue weighted by molar-refractivity contribution is 0.339. The highest BCUT2D eigenvalue weighted by atomic mass is 14.9. The van der Waals surface area contributed by atoms with E-state index in [1.165, 1.54) is 33.4 Å². The second kappa shape index (κ2) is 11.3. The van der Waals surface area contributed by atoms with Crippen molar-refractivity contribution in [3.63, 3.8) is 0 Å². The molecule has 0 saturated heterocycles. The van der Waals surface area contributed by atoms with E-state index < -0.39 is 0 Å². The fourth-order valence-electron chi connectivity index (χ4n) is 4.00. The Kier molecular flexibility index (Phi) is 9.07. The molecule has 0 fully saturated rings. The maximum atomic E-state index is 4.04. The van der Waals surface area contributed by atoms with Gasteiger partial charge >= 0.3 is 0 Å². The van der Waals surface area contributed by atoms with Crippen LogP contribution in [-0.4, -0.2) is 6.54 Å². The monoisotopic (exact) mass is 415 g/mol. The lowest BCUT2D eigenvalue weighted by Crippen LogP contribution is -2.22. The molecule has 0 aromatic heterocycles. The molecule has 2 rings (SSSR count). The standard InChI is InChI=1S/C30H41N/c1-9-12-25(10-2)21-31-29(11-3)28-19-17-27(18-20-28)26-15-13-22(4)24(6)30(7,8)23(5)14-16-26/h9-12,14-20,23,29,31H,3,13,21H2,1-2,4-8H3/b12-9-,16-14-,24-22-,25-10+,26-15+. The van der Waals surface area contributed by atoms with Gasteiger partial charge in [0, 0.05) is 6.54 Å². The first kappa shape index (κ1) is 24.9. The summed E-state index contributed by atoms with van der Waals surface area (Å²) in [5, 5.41) is 3.60. The van der Waals surface area contributed by atoms with E-state index in [1.54, 1.807) is 0 Å². The Labute approximate surface area is 191 Å². The van der Waals surface area contributed by atoms with E-state index in [2.05, 4.69) is 114 Å². The Bertz CT molecular complexity index is 900. The molecule has 2 unspecified atom stereocenters. The summed E-state index contributed by atoms with van der Waals surface area (Å²) in [7, 11) is 0. The predicted molar refractivity (Wildman–Crippen MR) is 139 cm³/mol. The molecule has 1 N–H and O–H groups in total. The van der Waals surface area contributed by atoms with Crippen LogP contribution in [0.5, 0.6) is 0 Å². The summed E-state index contributed by atoms with van der Waals surface area (Å²) in [6, 6.07) is 9.07. The number of allylic oxidation sites excluding steroid dienone is 8. The number of hydrogen-bond donors (Lipinski definition) is 1.